The van der Waals surface area contributed by atoms with Crippen LogP contribution in [-0.2, 0) is 27.2 Å². The van der Waals surface area contributed by atoms with Gasteiger partial charge >= 0.3 is 5.97 Å². The summed E-state index contributed by atoms with van der Waals surface area (Å²) in [4.78, 5) is 26.0. The van der Waals surface area contributed by atoms with Gasteiger partial charge in [0.2, 0.25) is 5.91 Å². The summed E-state index contributed by atoms with van der Waals surface area (Å²) in [7, 11) is 0. The van der Waals surface area contributed by atoms with Crippen LogP contribution in [0.2, 0.25) is 0 Å². The van der Waals surface area contributed by atoms with Crippen molar-refractivity contribution in [1.82, 2.24) is 0 Å². The van der Waals surface area contributed by atoms with Gasteiger partial charge in [-0.2, -0.15) is 0 Å². The van der Waals surface area contributed by atoms with E-state index in [2.05, 4.69) is 0 Å². The lowest BCUT2D eigenvalue weighted by atomic mass is 10.0. The van der Waals surface area contributed by atoms with Crippen molar-refractivity contribution < 1.29 is 14.3 Å². The Morgan fingerprint density at radius 3 is 2.14 bits per heavy atom. The highest BCUT2D eigenvalue weighted by atomic mass is 35.5. The van der Waals surface area contributed by atoms with Crippen LogP contribution in [0.1, 0.15) is 38.8 Å². The molecule has 1 aromatic rings. The fraction of sp³-hybridized carbons (Fsp3) is 0.529. The highest BCUT2D eigenvalue weighted by Crippen LogP contribution is 2.29. The molecule has 1 atom stereocenters. The topological polar surface area (TPSA) is 46.6 Å². The predicted octanol–water partition coefficient (Wildman–Crippen LogP) is 3.33. The zero-order chi connectivity index (χ0) is 16.7. The minimum atomic E-state index is -0.704. The number of alkyl halides is 1. The van der Waals surface area contributed by atoms with Crippen molar-refractivity contribution in [3.05, 3.63) is 29.3 Å². The number of carbonyl (C=O) groups is 2. The second-order valence-electron chi connectivity index (χ2n) is 4.96. The number of nitrogens with zero attached hydrogens (tertiary/aromatic N) is 1. The van der Waals surface area contributed by atoms with Gasteiger partial charge in [0.15, 0.2) is 0 Å². The molecular weight excluding hydrogens is 302 g/mol. The SMILES string of the molecule is CCOC(=O)[C@H](C)N(C(=O)CCl)c1c(CC)cccc1CC. The fourth-order valence-corrected chi connectivity index (χ4v) is 2.62. The molecule has 0 aromatic heterocycles. The summed E-state index contributed by atoms with van der Waals surface area (Å²) in [5.74, 6) is -0.892. The zero-order valence-corrected chi connectivity index (χ0v) is 14.4. The minimum absolute atomic E-state index is 0.176. The smallest absolute Gasteiger partial charge is 0.328 e. The third-order valence-electron chi connectivity index (χ3n) is 3.60. The number of aryl methyl sites for hydroxylation is 2. The van der Waals surface area contributed by atoms with Gasteiger partial charge in [-0.05, 0) is 37.8 Å². The fourth-order valence-electron chi connectivity index (χ4n) is 2.49. The largest absolute Gasteiger partial charge is 0.464 e. The predicted molar refractivity (Wildman–Crippen MR) is 89.5 cm³/mol. The van der Waals surface area contributed by atoms with Crippen molar-refractivity contribution >= 4 is 29.2 Å². The normalized spacial score (nSPS) is 11.9. The van der Waals surface area contributed by atoms with E-state index < -0.39 is 12.0 Å². The number of amides is 1. The molecule has 1 amide bonds. The molecule has 0 heterocycles. The van der Waals surface area contributed by atoms with Crippen molar-refractivity contribution in [1.29, 1.82) is 0 Å². The summed E-state index contributed by atoms with van der Waals surface area (Å²) in [6.07, 6.45) is 1.54. The Hall–Kier alpha value is -1.55. The Kier molecular flexibility index (Phi) is 7.39. The van der Waals surface area contributed by atoms with E-state index in [1.807, 2.05) is 32.0 Å². The lowest BCUT2D eigenvalue weighted by Gasteiger charge is -2.31. The van der Waals surface area contributed by atoms with Crippen LogP contribution in [0.4, 0.5) is 5.69 Å². The van der Waals surface area contributed by atoms with E-state index in [0.717, 1.165) is 29.7 Å². The molecule has 0 N–H and O–H groups in total. The van der Waals surface area contributed by atoms with Gasteiger partial charge in [-0.15, -0.1) is 11.6 Å². The first-order valence-electron chi connectivity index (χ1n) is 7.67. The zero-order valence-electron chi connectivity index (χ0n) is 13.7. The van der Waals surface area contributed by atoms with Crippen LogP contribution in [0.15, 0.2) is 18.2 Å². The standard InChI is InChI=1S/C17H24ClNO3/c1-5-13-9-8-10-14(6-2)16(13)19(15(20)11-18)12(4)17(21)22-7-3/h8-10,12H,5-7,11H2,1-4H3/t12-/m0/s1. The molecule has 4 nitrogen and oxygen atoms in total. The van der Waals surface area contributed by atoms with E-state index >= 15 is 0 Å². The molecule has 0 unspecified atom stereocenters. The van der Waals surface area contributed by atoms with E-state index in [0.29, 0.717) is 0 Å². The molecule has 1 rings (SSSR count). The van der Waals surface area contributed by atoms with Crippen LogP contribution >= 0.6 is 11.6 Å². The lowest BCUT2D eigenvalue weighted by Crippen LogP contribution is -2.46. The maximum atomic E-state index is 12.4. The van der Waals surface area contributed by atoms with Gasteiger partial charge in [-0.1, -0.05) is 32.0 Å². The molecule has 0 radical (unpaired) electrons. The molecule has 0 aliphatic carbocycles. The van der Waals surface area contributed by atoms with Crippen molar-refractivity contribution in [2.75, 3.05) is 17.4 Å². The van der Waals surface area contributed by atoms with E-state index in [1.165, 1.54) is 4.90 Å². The summed E-state index contributed by atoms with van der Waals surface area (Å²) in [5.41, 5.74) is 2.83. The number of anilines is 1. The molecule has 0 spiro atoms. The van der Waals surface area contributed by atoms with Crippen LogP contribution in [0.25, 0.3) is 0 Å². The van der Waals surface area contributed by atoms with Crippen molar-refractivity contribution in [3.63, 3.8) is 0 Å². The lowest BCUT2D eigenvalue weighted by molar-refractivity contribution is -0.145. The molecule has 0 aliphatic heterocycles. The van der Waals surface area contributed by atoms with Gasteiger partial charge in [0.05, 0.1) is 12.3 Å². The van der Waals surface area contributed by atoms with Crippen molar-refractivity contribution in [2.45, 2.75) is 46.6 Å². The number of hydrogen-bond donors (Lipinski definition) is 0. The van der Waals surface area contributed by atoms with Gasteiger partial charge in [-0.3, -0.25) is 9.69 Å². The van der Waals surface area contributed by atoms with E-state index in [1.54, 1.807) is 13.8 Å². The maximum Gasteiger partial charge on any atom is 0.328 e. The van der Waals surface area contributed by atoms with Crippen LogP contribution in [-0.4, -0.2) is 30.4 Å². The molecule has 0 saturated carbocycles. The first kappa shape index (κ1) is 18.5. The number of carbonyl (C=O) groups excluding carboxylic acids is 2. The maximum absolute atomic E-state index is 12.4. The molecule has 0 saturated heterocycles. The summed E-state index contributed by atoms with van der Waals surface area (Å²) < 4.78 is 5.07. The van der Waals surface area contributed by atoms with Crippen LogP contribution in [0.5, 0.6) is 0 Å². The van der Waals surface area contributed by atoms with Gasteiger partial charge in [0.25, 0.3) is 0 Å². The Labute approximate surface area is 137 Å². The van der Waals surface area contributed by atoms with Gasteiger partial charge in [0, 0.05) is 0 Å². The molecule has 22 heavy (non-hydrogen) atoms. The van der Waals surface area contributed by atoms with E-state index in [-0.39, 0.29) is 18.4 Å². The van der Waals surface area contributed by atoms with E-state index in [4.69, 9.17) is 16.3 Å². The van der Waals surface area contributed by atoms with Crippen molar-refractivity contribution in [2.24, 2.45) is 0 Å². The average molecular weight is 326 g/mol. The van der Waals surface area contributed by atoms with Crippen LogP contribution in [0, 0.1) is 0 Å². The molecule has 0 aliphatic rings. The van der Waals surface area contributed by atoms with Gasteiger partial charge in [-0.25, -0.2) is 4.79 Å². The Balaban J connectivity index is 3.40. The third kappa shape index (κ3) is 4.01. The van der Waals surface area contributed by atoms with Gasteiger partial charge < -0.3 is 4.74 Å². The molecular formula is C17H24ClNO3. The molecule has 5 heteroatoms. The summed E-state index contributed by atoms with van der Waals surface area (Å²) in [5, 5.41) is 0. The molecule has 0 fully saturated rings. The van der Waals surface area contributed by atoms with Gasteiger partial charge in [0.1, 0.15) is 11.9 Å². The van der Waals surface area contributed by atoms with Crippen molar-refractivity contribution in [3.8, 4) is 0 Å². The Morgan fingerprint density at radius 2 is 1.73 bits per heavy atom. The summed E-state index contributed by atoms with van der Waals surface area (Å²) in [6.45, 7) is 7.75. The number of para-hydroxylation sites is 1. The van der Waals surface area contributed by atoms with Crippen LogP contribution < -0.4 is 4.90 Å². The first-order valence-corrected chi connectivity index (χ1v) is 8.20. The quantitative estimate of drug-likeness (QED) is 0.570. The number of rotatable bonds is 7. The summed E-state index contributed by atoms with van der Waals surface area (Å²) in [6, 6.07) is 5.21. The highest BCUT2D eigenvalue weighted by molar-refractivity contribution is 6.30. The second kappa shape index (κ2) is 8.79. The number of benzene rings is 1. The molecule has 122 valence electrons. The first-order chi connectivity index (χ1) is 10.5. The Bertz CT molecular complexity index is 508. The molecule has 0 bridgehead atoms. The Morgan fingerprint density at radius 1 is 1.18 bits per heavy atom. The number of ether oxygens (including phenoxy) is 1. The average Bonchev–Trinajstić information content (AvgIpc) is 2.54. The minimum Gasteiger partial charge on any atom is -0.464 e. The number of esters is 1. The third-order valence-corrected chi connectivity index (χ3v) is 3.83. The number of hydrogen-bond acceptors (Lipinski definition) is 3. The molecule has 1 aromatic carbocycles. The second-order valence-corrected chi connectivity index (χ2v) is 5.22. The number of halogens is 1. The van der Waals surface area contributed by atoms with E-state index in [9.17, 15) is 9.59 Å². The highest BCUT2D eigenvalue weighted by Gasteiger charge is 2.30. The van der Waals surface area contributed by atoms with Crippen LogP contribution in [0.3, 0.4) is 0 Å². The monoisotopic (exact) mass is 325 g/mol. The summed E-state index contributed by atoms with van der Waals surface area (Å²) >= 11 is 5.77.